The quantitative estimate of drug-likeness (QED) is 0.436. The Hall–Kier alpha value is -3.53. The minimum atomic E-state index is -0.499. The number of ether oxygens (including phenoxy) is 2. The zero-order valence-electron chi connectivity index (χ0n) is 23.6. The molecule has 0 aliphatic carbocycles. The molecule has 3 aromatic rings. The molecule has 0 spiro atoms. The minimum Gasteiger partial charge on any atom is -0.493 e. The molecule has 1 amide bonds. The largest absolute Gasteiger partial charge is 0.494 e. The van der Waals surface area contributed by atoms with Crippen molar-refractivity contribution in [1.29, 1.82) is 0 Å². The van der Waals surface area contributed by atoms with Crippen LogP contribution < -0.4 is 25.7 Å². The Bertz CT molecular complexity index is 1390. The average molecular weight is 541 g/mol. The highest BCUT2D eigenvalue weighted by Crippen LogP contribution is 2.37. The highest BCUT2D eigenvalue weighted by molar-refractivity contribution is 6.62. The van der Waals surface area contributed by atoms with Gasteiger partial charge in [0, 0.05) is 25.2 Å². The number of anilines is 4. The molecule has 2 saturated heterocycles. The Morgan fingerprint density at radius 3 is 2.30 bits per heavy atom. The predicted octanol–water partition coefficient (Wildman–Crippen LogP) is 4.75. The van der Waals surface area contributed by atoms with Gasteiger partial charge in [-0.3, -0.25) is 4.79 Å². The van der Waals surface area contributed by atoms with Crippen LogP contribution >= 0.6 is 0 Å². The second kappa shape index (κ2) is 10.5. The fourth-order valence-electron chi connectivity index (χ4n) is 5.14. The summed E-state index contributed by atoms with van der Waals surface area (Å²) in [6.07, 6.45) is 0.716. The van der Waals surface area contributed by atoms with E-state index in [-0.39, 0.29) is 5.91 Å². The number of hydrogen-bond acceptors (Lipinski definition) is 7. The zero-order chi connectivity index (χ0) is 27.9. The number of fused-ring (bicyclic) bond motifs is 2. The third-order valence-corrected chi connectivity index (χ3v) is 8.29. The third-order valence-electron chi connectivity index (χ3n) is 8.29. The molecular weight excluding hydrogens is 505 g/mol. The van der Waals surface area contributed by atoms with Crippen LogP contribution in [0.2, 0.25) is 0 Å². The van der Waals surface area contributed by atoms with Crippen molar-refractivity contribution in [3.63, 3.8) is 0 Å². The number of amides is 1. The first-order chi connectivity index (χ1) is 19.2. The van der Waals surface area contributed by atoms with E-state index in [1.807, 2.05) is 70.2 Å². The van der Waals surface area contributed by atoms with E-state index < -0.39 is 18.3 Å². The topological polar surface area (TPSA) is 81.3 Å². The first-order valence-corrected chi connectivity index (χ1v) is 13.9. The molecule has 0 bridgehead atoms. The van der Waals surface area contributed by atoms with Crippen molar-refractivity contribution >= 4 is 41.2 Å². The number of morpholine rings is 1. The second-order valence-corrected chi connectivity index (χ2v) is 11.5. The maximum Gasteiger partial charge on any atom is 0.494 e. The number of nitrogens with one attached hydrogen (secondary N) is 2. The van der Waals surface area contributed by atoms with E-state index in [4.69, 9.17) is 18.8 Å². The summed E-state index contributed by atoms with van der Waals surface area (Å²) in [6.45, 7) is 12.0. The van der Waals surface area contributed by atoms with Crippen molar-refractivity contribution in [3.05, 3.63) is 71.8 Å². The van der Waals surface area contributed by atoms with E-state index in [0.29, 0.717) is 18.6 Å². The lowest BCUT2D eigenvalue weighted by Crippen LogP contribution is -2.41. The van der Waals surface area contributed by atoms with Gasteiger partial charge in [0.2, 0.25) is 0 Å². The van der Waals surface area contributed by atoms with Crippen molar-refractivity contribution < 1.29 is 23.6 Å². The number of carbonyl (C=O) groups is 1. The van der Waals surface area contributed by atoms with Crippen molar-refractivity contribution in [2.45, 2.75) is 45.3 Å². The molecule has 3 aliphatic rings. The summed E-state index contributed by atoms with van der Waals surface area (Å²) < 4.78 is 23.9. The fraction of sp³-hybridized carbons (Fsp3) is 0.387. The van der Waals surface area contributed by atoms with Gasteiger partial charge in [-0.15, -0.1) is 0 Å². The lowest BCUT2D eigenvalue weighted by atomic mass is 9.78. The van der Waals surface area contributed by atoms with Crippen LogP contribution in [0.3, 0.4) is 0 Å². The molecule has 9 heteroatoms. The molecule has 0 radical (unpaired) electrons. The molecule has 0 saturated carbocycles. The van der Waals surface area contributed by atoms with E-state index in [2.05, 4.69) is 33.7 Å². The van der Waals surface area contributed by atoms with Crippen LogP contribution in [0.25, 0.3) is 0 Å². The van der Waals surface area contributed by atoms with Crippen LogP contribution in [0.1, 0.15) is 43.6 Å². The van der Waals surface area contributed by atoms with Crippen molar-refractivity contribution in [2.75, 3.05) is 48.4 Å². The van der Waals surface area contributed by atoms with Crippen LogP contribution in [0.5, 0.6) is 5.75 Å². The van der Waals surface area contributed by atoms with E-state index in [9.17, 15) is 4.79 Å². The highest BCUT2D eigenvalue weighted by Gasteiger charge is 2.51. The van der Waals surface area contributed by atoms with Crippen LogP contribution in [0, 0.1) is 0 Å². The first-order valence-electron chi connectivity index (χ1n) is 13.9. The summed E-state index contributed by atoms with van der Waals surface area (Å²) in [5.74, 6) is 0.686. The zero-order valence-corrected chi connectivity index (χ0v) is 23.6. The Morgan fingerprint density at radius 1 is 0.850 bits per heavy atom. The summed E-state index contributed by atoms with van der Waals surface area (Å²) in [5.41, 5.74) is 5.13. The van der Waals surface area contributed by atoms with Gasteiger partial charge < -0.3 is 34.3 Å². The standard InChI is InChI=1S/C31H36BN3O5/c1-30(2)31(3,4)40-32(39-30)22-6-11-25-27(20-22)33-26-12-5-21(19-28(26)34-29(25)36)13-16-38-24-9-7-23(8-10-24)35-14-17-37-18-15-35/h5-12,19-20,33H,13-18H2,1-4H3,(H,34,36). The fourth-order valence-corrected chi connectivity index (χ4v) is 5.14. The van der Waals surface area contributed by atoms with Gasteiger partial charge in [-0.2, -0.15) is 0 Å². The van der Waals surface area contributed by atoms with Crippen LogP contribution in [0.15, 0.2) is 60.7 Å². The third kappa shape index (κ3) is 5.29. The maximum absolute atomic E-state index is 13.1. The van der Waals surface area contributed by atoms with Crippen LogP contribution in [-0.4, -0.2) is 57.1 Å². The van der Waals surface area contributed by atoms with Gasteiger partial charge in [0.25, 0.3) is 5.91 Å². The van der Waals surface area contributed by atoms with Gasteiger partial charge in [-0.1, -0.05) is 12.1 Å². The van der Waals surface area contributed by atoms with E-state index in [1.54, 1.807) is 0 Å². The molecule has 0 unspecified atom stereocenters. The molecule has 0 aromatic heterocycles. The summed E-state index contributed by atoms with van der Waals surface area (Å²) >= 11 is 0. The molecule has 2 fully saturated rings. The molecule has 2 N–H and O–H groups in total. The summed E-state index contributed by atoms with van der Waals surface area (Å²) in [7, 11) is -0.499. The maximum atomic E-state index is 13.1. The van der Waals surface area contributed by atoms with E-state index in [1.165, 1.54) is 5.69 Å². The molecule has 3 aromatic carbocycles. The molecule has 3 aliphatic heterocycles. The Labute approximate surface area is 236 Å². The molecule has 40 heavy (non-hydrogen) atoms. The van der Waals surface area contributed by atoms with Crippen LogP contribution in [0.4, 0.5) is 22.7 Å². The lowest BCUT2D eigenvalue weighted by molar-refractivity contribution is 0.00578. The molecule has 6 rings (SSSR count). The Kier molecular flexibility index (Phi) is 6.98. The molecule has 0 atom stereocenters. The van der Waals surface area contributed by atoms with Gasteiger partial charge in [-0.25, -0.2) is 0 Å². The van der Waals surface area contributed by atoms with Crippen molar-refractivity contribution in [2.24, 2.45) is 0 Å². The van der Waals surface area contributed by atoms with Crippen molar-refractivity contribution in [1.82, 2.24) is 0 Å². The van der Waals surface area contributed by atoms with Gasteiger partial charge in [0.15, 0.2) is 0 Å². The summed E-state index contributed by atoms with van der Waals surface area (Å²) in [5, 5.41) is 6.50. The average Bonchev–Trinajstić information content (AvgIpc) is 3.07. The highest BCUT2D eigenvalue weighted by atomic mass is 16.7. The number of benzene rings is 3. The molecule has 3 heterocycles. The number of nitrogens with zero attached hydrogens (tertiary/aromatic N) is 1. The molecular formula is C31H36BN3O5. The Morgan fingerprint density at radius 2 is 1.57 bits per heavy atom. The SMILES string of the molecule is CC1(C)OB(c2ccc3c(c2)Nc2ccc(CCOc4ccc(N5CCOCC5)cc4)cc2NC3=O)OC1(C)C. The lowest BCUT2D eigenvalue weighted by Gasteiger charge is -2.32. The van der Waals surface area contributed by atoms with Crippen LogP contribution in [-0.2, 0) is 20.5 Å². The summed E-state index contributed by atoms with van der Waals surface area (Å²) in [6, 6.07) is 20.0. The molecule has 8 nitrogen and oxygen atoms in total. The number of hydrogen-bond donors (Lipinski definition) is 2. The van der Waals surface area contributed by atoms with Gasteiger partial charge in [0.05, 0.1) is 53.6 Å². The van der Waals surface area contributed by atoms with Crippen molar-refractivity contribution in [3.8, 4) is 5.75 Å². The minimum absolute atomic E-state index is 0.157. The number of rotatable bonds is 6. The van der Waals surface area contributed by atoms with E-state index >= 15 is 0 Å². The monoisotopic (exact) mass is 541 g/mol. The molecule has 208 valence electrons. The number of carbonyl (C=O) groups excluding carboxylic acids is 1. The normalized spacial score (nSPS) is 19.2. The van der Waals surface area contributed by atoms with Gasteiger partial charge >= 0.3 is 7.12 Å². The first kappa shape index (κ1) is 26.7. The Balaban J connectivity index is 1.11. The smallest absolute Gasteiger partial charge is 0.493 e. The second-order valence-electron chi connectivity index (χ2n) is 11.5. The van der Waals surface area contributed by atoms with E-state index in [0.717, 1.165) is 60.1 Å². The van der Waals surface area contributed by atoms with Gasteiger partial charge in [0.1, 0.15) is 5.75 Å². The van der Waals surface area contributed by atoms with Gasteiger partial charge in [-0.05, 0) is 87.3 Å². The predicted molar refractivity (Wildman–Crippen MR) is 159 cm³/mol. The summed E-state index contributed by atoms with van der Waals surface area (Å²) in [4.78, 5) is 15.4.